The van der Waals surface area contributed by atoms with E-state index in [0.717, 1.165) is 5.56 Å². The predicted molar refractivity (Wildman–Crippen MR) is 74.2 cm³/mol. The second-order valence-corrected chi connectivity index (χ2v) is 5.07. The Morgan fingerprint density at radius 3 is 2.55 bits per heavy atom. The van der Waals surface area contributed by atoms with Crippen LogP contribution in [-0.4, -0.2) is 37.6 Å². The topological polar surface area (TPSA) is 36.9 Å². The molecule has 0 N–H and O–H groups in total. The largest absolute Gasteiger partial charge is 0.493 e. The Morgan fingerprint density at radius 1 is 1.10 bits per heavy atom. The summed E-state index contributed by atoms with van der Waals surface area (Å²) in [5.41, 5.74) is 1.16. The van der Waals surface area contributed by atoms with Crippen molar-refractivity contribution in [3.05, 3.63) is 48.2 Å². The van der Waals surface area contributed by atoms with Gasteiger partial charge in [0.25, 0.3) is 0 Å². The van der Waals surface area contributed by atoms with Crippen LogP contribution in [0.25, 0.3) is 0 Å². The summed E-state index contributed by atoms with van der Waals surface area (Å²) < 4.78 is 23.1. The smallest absolute Gasteiger partial charge is 0.150 e. The standard InChI is InChI=1S/C16H20O4/c1-2-8-17-13-10-19-16-14(11-20-15(13)16)18-9-12-6-4-3-5-7-12/h2-8,13-16H,9-11H2,1H3/b8-2-/t13-,14-,15-,16-/m1/s1. The fourth-order valence-electron chi connectivity index (χ4n) is 2.65. The van der Waals surface area contributed by atoms with Gasteiger partial charge in [0.1, 0.15) is 24.4 Å². The van der Waals surface area contributed by atoms with Crippen molar-refractivity contribution in [1.82, 2.24) is 0 Å². The Balaban J connectivity index is 1.53. The Labute approximate surface area is 119 Å². The molecule has 4 nitrogen and oxygen atoms in total. The third-order valence-electron chi connectivity index (χ3n) is 3.66. The molecule has 4 heteroatoms. The molecule has 3 rings (SSSR count). The lowest BCUT2D eigenvalue weighted by Crippen LogP contribution is -2.33. The summed E-state index contributed by atoms with van der Waals surface area (Å²) in [5, 5.41) is 0. The van der Waals surface area contributed by atoms with Gasteiger partial charge in [-0.25, -0.2) is 0 Å². The number of rotatable bonds is 5. The number of hydrogen-bond acceptors (Lipinski definition) is 4. The van der Waals surface area contributed by atoms with E-state index in [-0.39, 0.29) is 24.4 Å². The summed E-state index contributed by atoms with van der Waals surface area (Å²) in [4.78, 5) is 0. The molecule has 2 saturated heterocycles. The minimum atomic E-state index is -0.0264. The van der Waals surface area contributed by atoms with Crippen LogP contribution in [0.4, 0.5) is 0 Å². The zero-order chi connectivity index (χ0) is 13.8. The number of benzene rings is 1. The highest BCUT2D eigenvalue weighted by Gasteiger charge is 2.49. The molecule has 108 valence electrons. The fourth-order valence-corrected chi connectivity index (χ4v) is 2.65. The molecule has 2 fully saturated rings. The maximum atomic E-state index is 5.93. The second-order valence-electron chi connectivity index (χ2n) is 5.07. The first-order chi connectivity index (χ1) is 9.88. The lowest BCUT2D eigenvalue weighted by atomic mass is 10.1. The summed E-state index contributed by atoms with van der Waals surface area (Å²) in [6, 6.07) is 10.1. The molecule has 1 aromatic carbocycles. The van der Waals surface area contributed by atoms with Crippen molar-refractivity contribution >= 4 is 0 Å². The van der Waals surface area contributed by atoms with Gasteiger partial charge in [0.15, 0.2) is 0 Å². The van der Waals surface area contributed by atoms with Gasteiger partial charge in [-0.3, -0.25) is 0 Å². The first kappa shape index (κ1) is 13.6. The van der Waals surface area contributed by atoms with Crippen molar-refractivity contribution in [1.29, 1.82) is 0 Å². The summed E-state index contributed by atoms with van der Waals surface area (Å²) in [6.45, 7) is 3.64. The quantitative estimate of drug-likeness (QED) is 0.773. The van der Waals surface area contributed by atoms with Gasteiger partial charge in [-0.2, -0.15) is 0 Å². The summed E-state index contributed by atoms with van der Waals surface area (Å²) in [5.74, 6) is 0. The van der Waals surface area contributed by atoms with Gasteiger partial charge < -0.3 is 18.9 Å². The number of ether oxygens (including phenoxy) is 4. The van der Waals surface area contributed by atoms with Crippen LogP contribution in [0, 0.1) is 0 Å². The summed E-state index contributed by atoms with van der Waals surface area (Å²) >= 11 is 0. The molecular weight excluding hydrogens is 256 g/mol. The van der Waals surface area contributed by atoms with E-state index in [1.165, 1.54) is 0 Å². The second kappa shape index (κ2) is 6.39. The van der Waals surface area contributed by atoms with Gasteiger partial charge in [0.2, 0.25) is 0 Å². The molecule has 0 saturated carbocycles. The van der Waals surface area contributed by atoms with E-state index >= 15 is 0 Å². The van der Waals surface area contributed by atoms with Crippen molar-refractivity contribution in [3.8, 4) is 0 Å². The van der Waals surface area contributed by atoms with Crippen LogP contribution in [0.15, 0.2) is 42.7 Å². The molecule has 1 aromatic rings. The van der Waals surface area contributed by atoms with Crippen molar-refractivity contribution in [2.75, 3.05) is 13.2 Å². The monoisotopic (exact) mass is 276 g/mol. The van der Waals surface area contributed by atoms with E-state index in [4.69, 9.17) is 18.9 Å². The van der Waals surface area contributed by atoms with Crippen LogP contribution >= 0.6 is 0 Å². The Bertz CT molecular complexity index is 445. The van der Waals surface area contributed by atoms with Crippen molar-refractivity contribution in [2.45, 2.75) is 37.9 Å². The molecule has 0 spiro atoms. The molecule has 0 aliphatic carbocycles. The Morgan fingerprint density at radius 2 is 1.80 bits per heavy atom. The van der Waals surface area contributed by atoms with Crippen LogP contribution in [0.5, 0.6) is 0 Å². The maximum absolute atomic E-state index is 5.93. The SMILES string of the molecule is C/C=C\O[C@@H]1CO[C@H]2[C@@H]1OC[C@H]2OCc1ccccc1. The summed E-state index contributed by atoms with van der Waals surface area (Å²) in [6.07, 6.45) is 3.48. The van der Waals surface area contributed by atoms with E-state index in [0.29, 0.717) is 19.8 Å². The Hall–Kier alpha value is -1.36. The molecular formula is C16H20O4. The predicted octanol–water partition coefficient (Wildman–Crippen LogP) is 2.29. The lowest BCUT2D eigenvalue weighted by Gasteiger charge is -2.17. The highest BCUT2D eigenvalue weighted by atomic mass is 16.6. The highest BCUT2D eigenvalue weighted by Crippen LogP contribution is 2.31. The van der Waals surface area contributed by atoms with Crippen molar-refractivity contribution < 1.29 is 18.9 Å². The van der Waals surface area contributed by atoms with Crippen LogP contribution in [0.3, 0.4) is 0 Å². The van der Waals surface area contributed by atoms with Crippen LogP contribution in [0.2, 0.25) is 0 Å². The molecule has 0 bridgehead atoms. The normalized spacial score (nSPS) is 32.6. The average Bonchev–Trinajstić information content (AvgIpc) is 3.06. The molecule has 0 amide bonds. The van der Waals surface area contributed by atoms with E-state index < -0.39 is 0 Å². The minimum absolute atomic E-state index is 0.0144. The average molecular weight is 276 g/mol. The molecule has 2 aliphatic rings. The molecule has 0 aromatic heterocycles. The molecule has 20 heavy (non-hydrogen) atoms. The molecule has 0 unspecified atom stereocenters. The molecule has 0 radical (unpaired) electrons. The Kier molecular flexibility index (Phi) is 4.35. The number of fused-ring (bicyclic) bond motifs is 1. The molecule has 4 atom stereocenters. The minimum Gasteiger partial charge on any atom is -0.493 e. The van der Waals surface area contributed by atoms with Crippen LogP contribution in [-0.2, 0) is 25.6 Å². The van der Waals surface area contributed by atoms with Gasteiger partial charge in [0.05, 0.1) is 26.1 Å². The van der Waals surface area contributed by atoms with E-state index in [2.05, 4.69) is 12.1 Å². The number of hydrogen-bond donors (Lipinski definition) is 0. The number of allylic oxidation sites excluding steroid dienone is 1. The van der Waals surface area contributed by atoms with Gasteiger partial charge >= 0.3 is 0 Å². The summed E-state index contributed by atoms with van der Waals surface area (Å²) in [7, 11) is 0. The zero-order valence-corrected chi connectivity index (χ0v) is 11.6. The van der Waals surface area contributed by atoms with Crippen LogP contribution < -0.4 is 0 Å². The molecule has 2 aliphatic heterocycles. The third kappa shape index (κ3) is 2.87. The van der Waals surface area contributed by atoms with E-state index in [1.54, 1.807) is 6.26 Å². The van der Waals surface area contributed by atoms with Gasteiger partial charge in [0, 0.05) is 0 Å². The van der Waals surface area contributed by atoms with Gasteiger partial charge in [-0.15, -0.1) is 0 Å². The van der Waals surface area contributed by atoms with Gasteiger partial charge in [-0.05, 0) is 12.5 Å². The molecule has 2 heterocycles. The highest BCUT2D eigenvalue weighted by molar-refractivity contribution is 5.13. The van der Waals surface area contributed by atoms with Crippen LogP contribution in [0.1, 0.15) is 12.5 Å². The van der Waals surface area contributed by atoms with E-state index in [9.17, 15) is 0 Å². The first-order valence-corrected chi connectivity index (χ1v) is 7.04. The lowest BCUT2D eigenvalue weighted by molar-refractivity contribution is -0.0448. The zero-order valence-electron chi connectivity index (χ0n) is 11.6. The maximum Gasteiger partial charge on any atom is 0.150 e. The third-order valence-corrected chi connectivity index (χ3v) is 3.66. The van der Waals surface area contributed by atoms with E-state index in [1.807, 2.05) is 31.2 Å². The van der Waals surface area contributed by atoms with Crippen molar-refractivity contribution in [3.63, 3.8) is 0 Å². The fraction of sp³-hybridized carbons (Fsp3) is 0.500. The first-order valence-electron chi connectivity index (χ1n) is 7.04. The van der Waals surface area contributed by atoms with Crippen molar-refractivity contribution in [2.24, 2.45) is 0 Å². The van der Waals surface area contributed by atoms with Gasteiger partial charge in [-0.1, -0.05) is 36.4 Å².